The fourth-order valence-electron chi connectivity index (χ4n) is 5.69. The molecular weight excluding hydrogens is 398 g/mol. The first kappa shape index (κ1) is 22.2. The van der Waals surface area contributed by atoms with Crippen molar-refractivity contribution in [3.63, 3.8) is 0 Å². The second-order valence-corrected chi connectivity index (χ2v) is 9.46. The second kappa shape index (κ2) is 9.27. The van der Waals surface area contributed by atoms with Crippen LogP contribution in [0.3, 0.4) is 0 Å². The maximum Gasteiger partial charge on any atom is 0.335 e. The molecule has 0 spiro atoms. The number of hydrogen-bond acceptors (Lipinski definition) is 5. The molecule has 4 rings (SSSR count). The fourth-order valence-corrected chi connectivity index (χ4v) is 5.69. The molecule has 2 heterocycles. The van der Waals surface area contributed by atoms with Gasteiger partial charge in [-0.05, 0) is 68.2 Å². The van der Waals surface area contributed by atoms with Crippen molar-refractivity contribution in [2.75, 3.05) is 11.9 Å². The molecule has 1 aromatic rings. The number of carboxylic acids is 1. The third-order valence-corrected chi connectivity index (χ3v) is 7.43. The van der Waals surface area contributed by atoms with Gasteiger partial charge in [0.1, 0.15) is 6.61 Å². The fraction of sp³-hybridized carbons (Fsp3) is 0.667. The Morgan fingerprint density at radius 2 is 1.74 bits per heavy atom. The van der Waals surface area contributed by atoms with Gasteiger partial charge < -0.3 is 24.6 Å². The molecule has 1 aliphatic carbocycles. The predicted octanol–water partition coefficient (Wildman–Crippen LogP) is 4.14. The number of carboxylic acid groups (broad SMARTS) is 1. The zero-order chi connectivity index (χ0) is 22.1. The van der Waals surface area contributed by atoms with Gasteiger partial charge in [0.15, 0.2) is 12.6 Å². The van der Waals surface area contributed by atoms with Crippen LogP contribution in [0.2, 0.25) is 0 Å². The third kappa shape index (κ3) is 4.78. The van der Waals surface area contributed by atoms with Crippen molar-refractivity contribution in [3.05, 3.63) is 29.8 Å². The molecule has 0 bridgehead atoms. The van der Waals surface area contributed by atoms with Crippen LogP contribution in [-0.4, -0.2) is 42.3 Å². The molecule has 2 unspecified atom stereocenters. The summed E-state index contributed by atoms with van der Waals surface area (Å²) >= 11 is 0. The third-order valence-electron chi connectivity index (χ3n) is 7.43. The minimum absolute atomic E-state index is 0.130. The smallest absolute Gasteiger partial charge is 0.335 e. The molecule has 1 amide bonds. The molecule has 7 nitrogen and oxygen atoms in total. The van der Waals surface area contributed by atoms with Crippen molar-refractivity contribution in [1.82, 2.24) is 0 Å². The van der Waals surface area contributed by atoms with Gasteiger partial charge in [-0.2, -0.15) is 0 Å². The van der Waals surface area contributed by atoms with Gasteiger partial charge in [0.25, 0.3) is 0 Å². The summed E-state index contributed by atoms with van der Waals surface area (Å²) in [5.74, 6) is 1.06. The van der Waals surface area contributed by atoms with Crippen LogP contribution in [0, 0.1) is 29.6 Å². The van der Waals surface area contributed by atoms with E-state index in [0.717, 1.165) is 12.8 Å². The van der Waals surface area contributed by atoms with Gasteiger partial charge in [-0.1, -0.05) is 20.3 Å². The summed E-state index contributed by atoms with van der Waals surface area (Å²) in [4.78, 5) is 23.3. The lowest BCUT2D eigenvalue weighted by Gasteiger charge is -2.51. The van der Waals surface area contributed by atoms with E-state index in [-0.39, 0.29) is 36.4 Å². The Morgan fingerprint density at radius 1 is 1.03 bits per heavy atom. The van der Waals surface area contributed by atoms with Crippen LogP contribution in [0.15, 0.2) is 24.3 Å². The lowest BCUT2D eigenvalue weighted by atomic mass is 9.61. The lowest BCUT2D eigenvalue weighted by molar-refractivity contribution is -0.332. The molecule has 3 fully saturated rings. The number of nitrogens with one attached hydrogen (secondary N) is 1. The van der Waals surface area contributed by atoms with Crippen LogP contribution >= 0.6 is 0 Å². The summed E-state index contributed by atoms with van der Waals surface area (Å²) in [6.45, 7) is 6.50. The minimum Gasteiger partial charge on any atom is -0.478 e. The second-order valence-electron chi connectivity index (χ2n) is 9.46. The lowest BCUT2D eigenvalue weighted by Crippen LogP contribution is -2.54. The molecule has 170 valence electrons. The Bertz CT molecular complexity index is 796. The van der Waals surface area contributed by atoms with Gasteiger partial charge >= 0.3 is 5.97 Å². The molecular formula is C24H33NO6. The van der Waals surface area contributed by atoms with Crippen molar-refractivity contribution < 1.29 is 28.9 Å². The molecule has 1 aromatic carbocycles. The molecule has 31 heavy (non-hydrogen) atoms. The number of anilines is 1. The SMILES string of the molecule is CC1CC[C@@H]2C3[C@@H](O1)O[C@H](OCC(=O)Nc1ccc(C(=O)O)cc1)[C@H](C)[C@@H]3CC[C@H]2C. The minimum atomic E-state index is -1.00. The van der Waals surface area contributed by atoms with E-state index in [1.807, 2.05) is 0 Å². The maximum absolute atomic E-state index is 12.4. The summed E-state index contributed by atoms with van der Waals surface area (Å²) in [6.07, 6.45) is 4.01. The van der Waals surface area contributed by atoms with Crippen LogP contribution < -0.4 is 5.32 Å². The Balaban J connectivity index is 1.37. The van der Waals surface area contributed by atoms with Crippen molar-refractivity contribution in [3.8, 4) is 0 Å². The van der Waals surface area contributed by atoms with Gasteiger partial charge in [-0.15, -0.1) is 0 Å². The summed E-state index contributed by atoms with van der Waals surface area (Å²) in [5.41, 5.74) is 0.701. The average Bonchev–Trinajstić information content (AvgIpc) is 2.90. The number of amides is 1. The van der Waals surface area contributed by atoms with E-state index in [4.69, 9.17) is 19.3 Å². The van der Waals surface area contributed by atoms with E-state index in [2.05, 4.69) is 26.1 Å². The average molecular weight is 432 g/mol. The number of ether oxygens (including phenoxy) is 3. The van der Waals surface area contributed by atoms with Crippen LogP contribution in [0.25, 0.3) is 0 Å². The first-order valence-electron chi connectivity index (χ1n) is 11.4. The van der Waals surface area contributed by atoms with E-state index in [1.54, 1.807) is 12.1 Å². The highest BCUT2D eigenvalue weighted by molar-refractivity contribution is 5.93. The molecule has 3 aliphatic rings. The summed E-state index contributed by atoms with van der Waals surface area (Å²) in [6, 6.07) is 6.04. The zero-order valence-corrected chi connectivity index (χ0v) is 18.5. The maximum atomic E-state index is 12.4. The van der Waals surface area contributed by atoms with Gasteiger partial charge in [-0.3, -0.25) is 4.79 Å². The number of aromatic carboxylic acids is 1. The van der Waals surface area contributed by atoms with E-state index >= 15 is 0 Å². The van der Waals surface area contributed by atoms with Gasteiger partial charge in [0.05, 0.1) is 11.7 Å². The first-order chi connectivity index (χ1) is 14.8. The Hall–Kier alpha value is -1.96. The van der Waals surface area contributed by atoms with E-state index in [9.17, 15) is 9.59 Å². The van der Waals surface area contributed by atoms with Crippen molar-refractivity contribution in [2.45, 2.75) is 65.1 Å². The van der Waals surface area contributed by atoms with Crippen molar-refractivity contribution in [1.29, 1.82) is 0 Å². The Labute approximate surface area is 183 Å². The van der Waals surface area contributed by atoms with Gasteiger partial charge in [0, 0.05) is 17.5 Å². The number of carbonyl (C=O) groups excluding carboxylic acids is 1. The summed E-state index contributed by atoms with van der Waals surface area (Å²) in [7, 11) is 0. The highest BCUT2D eigenvalue weighted by Crippen LogP contribution is 2.52. The monoisotopic (exact) mass is 431 g/mol. The molecule has 8 atom stereocenters. The van der Waals surface area contributed by atoms with Crippen LogP contribution in [-0.2, 0) is 19.0 Å². The molecule has 2 N–H and O–H groups in total. The predicted molar refractivity (Wildman–Crippen MR) is 114 cm³/mol. The first-order valence-corrected chi connectivity index (χ1v) is 11.4. The van der Waals surface area contributed by atoms with Crippen molar-refractivity contribution >= 4 is 17.6 Å². The Kier molecular flexibility index (Phi) is 6.65. The van der Waals surface area contributed by atoms with E-state index in [0.29, 0.717) is 29.4 Å². The molecule has 2 saturated heterocycles. The highest BCUT2D eigenvalue weighted by Gasteiger charge is 2.52. The number of hydrogen-bond donors (Lipinski definition) is 2. The molecule has 2 aliphatic heterocycles. The molecule has 0 radical (unpaired) electrons. The normalized spacial score (nSPS) is 37.4. The van der Waals surface area contributed by atoms with E-state index < -0.39 is 12.3 Å². The van der Waals surface area contributed by atoms with Crippen LogP contribution in [0.1, 0.15) is 56.8 Å². The summed E-state index contributed by atoms with van der Waals surface area (Å²) < 4.78 is 18.5. The highest BCUT2D eigenvalue weighted by atomic mass is 16.8. The molecule has 1 saturated carbocycles. The quantitative estimate of drug-likeness (QED) is 0.728. The number of rotatable bonds is 5. The standard InChI is InChI=1S/C24H33NO6/c1-13-4-10-19-15(3)23(31-24-21(19)18(13)11-5-14(2)30-24)29-12-20(26)25-17-8-6-16(7-9-17)22(27)28/h6-9,13-15,18-19,21,23-24H,4-5,10-12H2,1-3H3,(H,25,26)(H,27,28)/t13-,14?,15-,18+,19+,21?,23+,24+/m1/s1. The van der Waals surface area contributed by atoms with E-state index in [1.165, 1.54) is 25.0 Å². The van der Waals surface area contributed by atoms with Crippen LogP contribution in [0.5, 0.6) is 0 Å². The van der Waals surface area contributed by atoms with Crippen molar-refractivity contribution in [2.24, 2.45) is 29.6 Å². The molecule has 7 heteroatoms. The number of benzene rings is 1. The topological polar surface area (TPSA) is 94.1 Å². The van der Waals surface area contributed by atoms with Gasteiger partial charge in [-0.25, -0.2) is 4.79 Å². The summed E-state index contributed by atoms with van der Waals surface area (Å²) in [5, 5.41) is 11.7. The molecule has 0 aromatic heterocycles. The Morgan fingerprint density at radius 3 is 2.45 bits per heavy atom. The van der Waals surface area contributed by atoms with Gasteiger partial charge in [0.2, 0.25) is 5.91 Å². The van der Waals surface area contributed by atoms with Crippen LogP contribution in [0.4, 0.5) is 5.69 Å². The largest absolute Gasteiger partial charge is 0.478 e. The number of carbonyl (C=O) groups is 2. The zero-order valence-electron chi connectivity index (χ0n) is 18.5.